The number of carbonyl (C=O) groups is 1. The molecule has 3 heteroatoms. The van der Waals surface area contributed by atoms with Crippen LogP contribution in [-0.4, -0.2) is 17.8 Å². The van der Waals surface area contributed by atoms with Gasteiger partial charge < -0.3 is 5.32 Å². The average molecular weight is 232 g/mol. The predicted molar refractivity (Wildman–Crippen MR) is 64.1 cm³/mol. The quantitative estimate of drug-likeness (QED) is 0.700. The molecule has 0 aromatic heterocycles. The number of carbonyl (C=O) groups excluding carboxylic acids is 1. The highest BCUT2D eigenvalue weighted by molar-refractivity contribution is 6.18. The number of alkyl halides is 1. The number of hydrogen-bond acceptors (Lipinski definition) is 1. The lowest BCUT2D eigenvalue weighted by Gasteiger charge is -2.14. The molecule has 1 aliphatic rings. The van der Waals surface area contributed by atoms with Crippen LogP contribution in [0.15, 0.2) is 0 Å². The van der Waals surface area contributed by atoms with Crippen molar-refractivity contribution in [1.82, 2.24) is 5.32 Å². The number of hydrogen-bond donors (Lipinski definition) is 1. The lowest BCUT2D eigenvalue weighted by molar-refractivity contribution is -0.122. The molecule has 1 unspecified atom stereocenters. The second-order valence-corrected chi connectivity index (χ2v) is 4.82. The van der Waals surface area contributed by atoms with Gasteiger partial charge in [0.25, 0.3) is 0 Å². The molecule has 88 valence electrons. The summed E-state index contributed by atoms with van der Waals surface area (Å²) in [6.45, 7) is 2.05. The third-order valence-corrected chi connectivity index (χ3v) is 3.67. The molecule has 0 radical (unpaired) electrons. The molecular formula is C12H22ClNO. The van der Waals surface area contributed by atoms with Crippen molar-refractivity contribution in [3.63, 3.8) is 0 Å². The Morgan fingerprint density at radius 1 is 1.47 bits per heavy atom. The van der Waals surface area contributed by atoms with Crippen LogP contribution in [-0.2, 0) is 4.79 Å². The monoisotopic (exact) mass is 231 g/mol. The first-order valence-electron chi connectivity index (χ1n) is 6.11. The molecule has 0 bridgehead atoms. The number of nitrogens with one attached hydrogen (secondary N) is 1. The molecule has 1 aliphatic carbocycles. The van der Waals surface area contributed by atoms with Gasteiger partial charge in [-0.15, -0.1) is 11.6 Å². The molecule has 1 amide bonds. The Morgan fingerprint density at radius 2 is 2.13 bits per heavy atom. The zero-order chi connectivity index (χ0) is 11.1. The summed E-state index contributed by atoms with van der Waals surface area (Å²) in [7, 11) is 0. The van der Waals surface area contributed by atoms with Gasteiger partial charge in [0, 0.05) is 18.3 Å². The first-order valence-corrected chi connectivity index (χ1v) is 6.65. The maximum atomic E-state index is 11.6. The summed E-state index contributed by atoms with van der Waals surface area (Å²) in [5, 5.41) is 2.97. The van der Waals surface area contributed by atoms with Crippen LogP contribution in [0.5, 0.6) is 0 Å². The van der Waals surface area contributed by atoms with Crippen molar-refractivity contribution in [2.75, 3.05) is 5.88 Å². The average Bonchev–Trinajstić information content (AvgIpc) is 2.75. The van der Waals surface area contributed by atoms with Crippen LogP contribution >= 0.6 is 11.6 Å². The Balaban J connectivity index is 2.11. The Morgan fingerprint density at radius 3 is 2.67 bits per heavy atom. The SMILES string of the molecule is CCC(CCl)NC(=O)CCC1CCCC1. The Hall–Kier alpha value is -0.240. The van der Waals surface area contributed by atoms with Gasteiger partial charge in [0.15, 0.2) is 0 Å². The normalized spacial score (nSPS) is 19.1. The minimum Gasteiger partial charge on any atom is -0.352 e. The van der Waals surface area contributed by atoms with Crippen LogP contribution < -0.4 is 5.32 Å². The summed E-state index contributed by atoms with van der Waals surface area (Å²) in [4.78, 5) is 11.6. The summed E-state index contributed by atoms with van der Waals surface area (Å²) in [5.41, 5.74) is 0. The summed E-state index contributed by atoms with van der Waals surface area (Å²) >= 11 is 5.72. The molecular weight excluding hydrogens is 210 g/mol. The van der Waals surface area contributed by atoms with E-state index in [4.69, 9.17) is 11.6 Å². The van der Waals surface area contributed by atoms with Gasteiger partial charge in [-0.25, -0.2) is 0 Å². The number of amides is 1. The Bertz CT molecular complexity index is 186. The van der Waals surface area contributed by atoms with E-state index in [1.807, 2.05) is 6.92 Å². The predicted octanol–water partition coefficient (Wildman–Crippen LogP) is 3.09. The molecule has 0 aliphatic heterocycles. The number of halogens is 1. The van der Waals surface area contributed by atoms with Crippen LogP contribution in [0.1, 0.15) is 51.9 Å². The van der Waals surface area contributed by atoms with Gasteiger partial charge in [-0.1, -0.05) is 32.6 Å². The summed E-state index contributed by atoms with van der Waals surface area (Å²) in [5.74, 6) is 1.49. The topological polar surface area (TPSA) is 29.1 Å². The Labute approximate surface area is 97.8 Å². The van der Waals surface area contributed by atoms with Crippen LogP contribution in [0, 0.1) is 5.92 Å². The van der Waals surface area contributed by atoms with Gasteiger partial charge in [-0.3, -0.25) is 4.79 Å². The molecule has 1 atom stereocenters. The maximum absolute atomic E-state index is 11.6. The first-order chi connectivity index (χ1) is 7.26. The minimum absolute atomic E-state index is 0.155. The van der Waals surface area contributed by atoms with Crippen molar-refractivity contribution >= 4 is 17.5 Å². The molecule has 1 fully saturated rings. The van der Waals surface area contributed by atoms with E-state index in [1.54, 1.807) is 0 Å². The fourth-order valence-electron chi connectivity index (χ4n) is 2.18. The smallest absolute Gasteiger partial charge is 0.220 e. The highest BCUT2D eigenvalue weighted by Gasteiger charge is 2.16. The summed E-state index contributed by atoms with van der Waals surface area (Å²) < 4.78 is 0. The minimum atomic E-state index is 0.155. The third-order valence-electron chi connectivity index (χ3n) is 3.30. The van der Waals surface area contributed by atoms with Crippen LogP contribution in [0.2, 0.25) is 0 Å². The highest BCUT2D eigenvalue weighted by atomic mass is 35.5. The van der Waals surface area contributed by atoms with Crippen LogP contribution in [0.25, 0.3) is 0 Å². The number of rotatable bonds is 6. The summed E-state index contributed by atoms with van der Waals surface area (Å²) in [6.07, 6.45) is 8.00. The van der Waals surface area contributed by atoms with Crippen molar-refractivity contribution in [2.24, 2.45) is 5.92 Å². The molecule has 1 saturated carbocycles. The van der Waals surface area contributed by atoms with Gasteiger partial charge in [0.1, 0.15) is 0 Å². The van der Waals surface area contributed by atoms with Crippen LogP contribution in [0.3, 0.4) is 0 Å². The second kappa shape index (κ2) is 7.10. The molecule has 1 N–H and O–H groups in total. The van der Waals surface area contributed by atoms with E-state index < -0.39 is 0 Å². The van der Waals surface area contributed by atoms with Gasteiger partial charge in [0.2, 0.25) is 5.91 Å². The molecule has 2 nitrogen and oxygen atoms in total. The fourth-order valence-corrected chi connectivity index (χ4v) is 2.48. The Kier molecular flexibility index (Phi) is 6.07. The molecule has 0 spiro atoms. The third kappa shape index (κ3) is 4.87. The van der Waals surface area contributed by atoms with Gasteiger partial charge in [0.05, 0.1) is 0 Å². The van der Waals surface area contributed by atoms with E-state index >= 15 is 0 Å². The standard InChI is InChI=1S/C12H22ClNO/c1-2-11(9-13)14-12(15)8-7-10-5-3-4-6-10/h10-11H,2-9H2,1H3,(H,14,15). The molecule has 0 aromatic carbocycles. The van der Waals surface area contributed by atoms with Gasteiger partial charge in [-0.05, 0) is 18.8 Å². The van der Waals surface area contributed by atoms with Crippen molar-refractivity contribution in [3.8, 4) is 0 Å². The van der Waals surface area contributed by atoms with Gasteiger partial charge >= 0.3 is 0 Å². The van der Waals surface area contributed by atoms with E-state index in [9.17, 15) is 4.79 Å². The lowest BCUT2D eigenvalue weighted by Crippen LogP contribution is -2.35. The molecule has 1 rings (SSSR count). The fraction of sp³-hybridized carbons (Fsp3) is 0.917. The molecule has 0 heterocycles. The molecule has 0 aromatic rings. The van der Waals surface area contributed by atoms with E-state index in [-0.39, 0.29) is 11.9 Å². The van der Waals surface area contributed by atoms with Crippen molar-refractivity contribution in [2.45, 2.75) is 57.9 Å². The van der Waals surface area contributed by atoms with E-state index in [0.717, 1.165) is 18.8 Å². The van der Waals surface area contributed by atoms with Crippen LogP contribution in [0.4, 0.5) is 0 Å². The van der Waals surface area contributed by atoms with Gasteiger partial charge in [-0.2, -0.15) is 0 Å². The first kappa shape index (κ1) is 12.8. The van der Waals surface area contributed by atoms with Crippen molar-refractivity contribution in [1.29, 1.82) is 0 Å². The van der Waals surface area contributed by atoms with E-state index in [2.05, 4.69) is 5.32 Å². The largest absolute Gasteiger partial charge is 0.352 e. The zero-order valence-corrected chi connectivity index (χ0v) is 10.4. The van der Waals surface area contributed by atoms with Crippen molar-refractivity contribution < 1.29 is 4.79 Å². The molecule has 15 heavy (non-hydrogen) atoms. The lowest BCUT2D eigenvalue weighted by atomic mass is 10.0. The molecule has 0 saturated heterocycles. The van der Waals surface area contributed by atoms with E-state index in [1.165, 1.54) is 25.7 Å². The second-order valence-electron chi connectivity index (χ2n) is 4.52. The van der Waals surface area contributed by atoms with Crippen molar-refractivity contribution in [3.05, 3.63) is 0 Å². The zero-order valence-electron chi connectivity index (χ0n) is 9.60. The highest BCUT2D eigenvalue weighted by Crippen LogP contribution is 2.28. The van der Waals surface area contributed by atoms with E-state index in [0.29, 0.717) is 12.3 Å². The summed E-state index contributed by atoms with van der Waals surface area (Å²) in [6, 6.07) is 0.155. The maximum Gasteiger partial charge on any atom is 0.220 e.